The van der Waals surface area contributed by atoms with Crippen LogP contribution >= 0.6 is 0 Å². The molecule has 0 fully saturated rings. The van der Waals surface area contributed by atoms with Gasteiger partial charge < -0.3 is 10.6 Å². The van der Waals surface area contributed by atoms with Gasteiger partial charge in [-0.15, -0.1) is 0 Å². The van der Waals surface area contributed by atoms with Gasteiger partial charge in [0, 0.05) is 35.0 Å². The fraction of sp³-hybridized carbons (Fsp3) is 0.273. The molecule has 0 aromatic heterocycles. The lowest BCUT2D eigenvalue weighted by atomic mass is 10.2. The van der Waals surface area contributed by atoms with E-state index in [9.17, 15) is 9.00 Å². The minimum absolute atomic E-state index is 0.347. The maximum atomic E-state index is 11.4. The van der Waals surface area contributed by atoms with Crippen LogP contribution < -0.4 is 10.6 Å². The molecule has 90 valence electrons. The zero-order valence-electron chi connectivity index (χ0n) is 9.40. The molecule has 2 amide bonds. The first-order chi connectivity index (χ1) is 8.11. The summed E-state index contributed by atoms with van der Waals surface area (Å²) in [5, 5.41) is 13.8. The van der Waals surface area contributed by atoms with Crippen molar-refractivity contribution in [1.82, 2.24) is 5.32 Å². The zero-order chi connectivity index (χ0) is 12.7. The number of hydrogen-bond acceptors (Lipinski definition) is 3. The SMILES string of the molecule is CS(=O)CCNC(=O)Nc1ccc(C#N)cc1. The quantitative estimate of drug-likeness (QED) is 0.839. The highest BCUT2D eigenvalue weighted by atomic mass is 32.2. The predicted molar refractivity (Wildman–Crippen MR) is 67.1 cm³/mol. The fourth-order valence-corrected chi connectivity index (χ4v) is 1.50. The van der Waals surface area contributed by atoms with Crippen LogP contribution in [0.2, 0.25) is 0 Å². The van der Waals surface area contributed by atoms with Gasteiger partial charge in [0.2, 0.25) is 0 Å². The van der Waals surface area contributed by atoms with Crippen LogP contribution in [0.25, 0.3) is 0 Å². The third kappa shape index (κ3) is 5.13. The average Bonchev–Trinajstić information content (AvgIpc) is 2.29. The average molecular weight is 251 g/mol. The van der Waals surface area contributed by atoms with E-state index in [0.29, 0.717) is 23.5 Å². The van der Waals surface area contributed by atoms with Crippen molar-refractivity contribution < 1.29 is 9.00 Å². The van der Waals surface area contributed by atoms with Gasteiger partial charge in [0.05, 0.1) is 11.6 Å². The third-order valence-electron chi connectivity index (χ3n) is 1.95. The van der Waals surface area contributed by atoms with E-state index in [2.05, 4.69) is 10.6 Å². The topological polar surface area (TPSA) is 82.0 Å². The van der Waals surface area contributed by atoms with Crippen LogP contribution in [-0.2, 0) is 10.8 Å². The number of carbonyl (C=O) groups excluding carboxylic acids is 1. The van der Waals surface area contributed by atoms with Crippen molar-refractivity contribution in [2.45, 2.75) is 0 Å². The molecule has 5 nitrogen and oxygen atoms in total. The second-order valence-electron chi connectivity index (χ2n) is 3.35. The number of nitrogens with one attached hydrogen (secondary N) is 2. The van der Waals surface area contributed by atoms with E-state index < -0.39 is 10.8 Å². The first kappa shape index (κ1) is 13.2. The molecule has 2 N–H and O–H groups in total. The molecule has 0 bridgehead atoms. The molecule has 0 aliphatic heterocycles. The smallest absolute Gasteiger partial charge is 0.319 e. The molecule has 1 unspecified atom stereocenters. The van der Waals surface area contributed by atoms with Crippen LogP contribution in [0.4, 0.5) is 10.5 Å². The molecule has 0 spiro atoms. The van der Waals surface area contributed by atoms with Crippen molar-refractivity contribution in [3.63, 3.8) is 0 Å². The van der Waals surface area contributed by atoms with E-state index in [1.165, 1.54) is 0 Å². The van der Waals surface area contributed by atoms with Gasteiger partial charge in [-0.2, -0.15) is 5.26 Å². The van der Waals surface area contributed by atoms with Gasteiger partial charge in [0.1, 0.15) is 0 Å². The Labute approximate surface area is 102 Å². The van der Waals surface area contributed by atoms with E-state index in [1.54, 1.807) is 30.5 Å². The highest BCUT2D eigenvalue weighted by Gasteiger charge is 2.01. The molecule has 0 aliphatic carbocycles. The van der Waals surface area contributed by atoms with Gasteiger partial charge in [0.15, 0.2) is 0 Å². The third-order valence-corrected chi connectivity index (χ3v) is 2.73. The van der Waals surface area contributed by atoms with Crippen molar-refractivity contribution in [3.8, 4) is 6.07 Å². The molecule has 1 aromatic rings. The number of hydrogen-bond donors (Lipinski definition) is 2. The lowest BCUT2D eigenvalue weighted by molar-refractivity contribution is 0.252. The standard InChI is InChI=1S/C11H13N3O2S/c1-17(16)7-6-13-11(15)14-10-4-2-9(8-12)3-5-10/h2-5H,6-7H2,1H3,(H2,13,14,15). The number of anilines is 1. The summed E-state index contributed by atoms with van der Waals surface area (Å²) in [6.07, 6.45) is 1.58. The van der Waals surface area contributed by atoms with E-state index >= 15 is 0 Å². The highest BCUT2D eigenvalue weighted by Crippen LogP contribution is 2.08. The molecular weight excluding hydrogens is 238 g/mol. The Hall–Kier alpha value is -1.87. The summed E-state index contributed by atoms with van der Waals surface area (Å²) in [5.74, 6) is 0.431. The van der Waals surface area contributed by atoms with Crippen molar-refractivity contribution in [1.29, 1.82) is 5.26 Å². The van der Waals surface area contributed by atoms with Crippen LogP contribution in [0.3, 0.4) is 0 Å². The van der Waals surface area contributed by atoms with Crippen molar-refractivity contribution in [3.05, 3.63) is 29.8 Å². The summed E-state index contributed by atoms with van der Waals surface area (Å²) >= 11 is 0. The van der Waals surface area contributed by atoms with Gasteiger partial charge in [-0.1, -0.05) is 0 Å². The van der Waals surface area contributed by atoms with Gasteiger partial charge in [-0.25, -0.2) is 4.79 Å². The number of nitrogens with zero attached hydrogens (tertiary/aromatic N) is 1. The van der Waals surface area contributed by atoms with E-state index in [-0.39, 0.29) is 6.03 Å². The van der Waals surface area contributed by atoms with Crippen LogP contribution in [0.1, 0.15) is 5.56 Å². The summed E-state index contributed by atoms with van der Waals surface area (Å²) in [4.78, 5) is 11.4. The van der Waals surface area contributed by atoms with Crippen LogP contribution in [0, 0.1) is 11.3 Å². The molecule has 1 aromatic carbocycles. The number of nitriles is 1. The minimum atomic E-state index is -0.911. The second kappa shape index (κ2) is 6.66. The monoisotopic (exact) mass is 251 g/mol. The van der Waals surface area contributed by atoms with Gasteiger partial charge in [-0.3, -0.25) is 4.21 Å². The number of carbonyl (C=O) groups is 1. The van der Waals surface area contributed by atoms with Gasteiger partial charge in [0.25, 0.3) is 0 Å². The normalized spacial score (nSPS) is 11.3. The van der Waals surface area contributed by atoms with E-state index in [0.717, 1.165) is 0 Å². The zero-order valence-corrected chi connectivity index (χ0v) is 10.2. The molecule has 6 heteroatoms. The van der Waals surface area contributed by atoms with E-state index in [4.69, 9.17) is 5.26 Å². The minimum Gasteiger partial charge on any atom is -0.337 e. The maximum Gasteiger partial charge on any atom is 0.319 e. The van der Waals surface area contributed by atoms with Crippen molar-refractivity contribution in [2.75, 3.05) is 23.9 Å². The Morgan fingerprint density at radius 1 is 1.41 bits per heavy atom. The molecule has 17 heavy (non-hydrogen) atoms. The molecule has 0 saturated heterocycles. The summed E-state index contributed by atoms with van der Waals surface area (Å²) in [6.45, 7) is 0.366. The first-order valence-electron chi connectivity index (χ1n) is 4.97. The molecule has 0 aliphatic rings. The Bertz CT molecular complexity index is 451. The number of urea groups is 1. The number of rotatable bonds is 4. The fourth-order valence-electron chi connectivity index (χ4n) is 1.11. The highest BCUT2D eigenvalue weighted by molar-refractivity contribution is 7.84. The van der Waals surface area contributed by atoms with Gasteiger partial charge in [-0.05, 0) is 24.3 Å². The van der Waals surface area contributed by atoms with Crippen LogP contribution in [-0.4, -0.2) is 28.8 Å². The Morgan fingerprint density at radius 3 is 2.59 bits per heavy atom. The predicted octanol–water partition coefficient (Wildman–Crippen LogP) is 1.06. The van der Waals surface area contributed by atoms with Crippen molar-refractivity contribution in [2.24, 2.45) is 0 Å². The molecule has 0 saturated carbocycles. The molecule has 0 heterocycles. The number of amides is 2. The van der Waals surface area contributed by atoms with Crippen LogP contribution in [0.5, 0.6) is 0 Å². The molecule has 0 radical (unpaired) electrons. The Kier molecular flexibility index (Phi) is 5.17. The molecule has 1 atom stereocenters. The largest absolute Gasteiger partial charge is 0.337 e. The lowest BCUT2D eigenvalue weighted by Crippen LogP contribution is -2.31. The van der Waals surface area contributed by atoms with Crippen LogP contribution in [0.15, 0.2) is 24.3 Å². The Balaban J connectivity index is 2.40. The molecular formula is C11H13N3O2S. The van der Waals surface area contributed by atoms with Gasteiger partial charge >= 0.3 is 6.03 Å². The summed E-state index contributed by atoms with van der Waals surface area (Å²) < 4.78 is 10.8. The number of benzene rings is 1. The first-order valence-corrected chi connectivity index (χ1v) is 6.69. The lowest BCUT2D eigenvalue weighted by Gasteiger charge is -2.06. The van der Waals surface area contributed by atoms with Crippen molar-refractivity contribution >= 4 is 22.5 Å². The second-order valence-corrected chi connectivity index (χ2v) is 4.90. The Morgan fingerprint density at radius 2 is 2.06 bits per heavy atom. The summed E-state index contributed by atoms with van der Waals surface area (Å²) in [5.41, 5.74) is 1.15. The summed E-state index contributed by atoms with van der Waals surface area (Å²) in [6, 6.07) is 8.19. The van der Waals surface area contributed by atoms with E-state index in [1.807, 2.05) is 6.07 Å². The summed E-state index contributed by atoms with van der Waals surface area (Å²) in [7, 11) is -0.911. The molecule has 1 rings (SSSR count). The maximum absolute atomic E-state index is 11.4.